The van der Waals surface area contributed by atoms with Gasteiger partial charge in [-0.25, -0.2) is 4.39 Å². The molecule has 0 aliphatic heterocycles. The molecule has 1 amide bonds. The third kappa shape index (κ3) is 4.42. The van der Waals surface area contributed by atoms with Gasteiger partial charge in [-0.1, -0.05) is 35.9 Å². The summed E-state index contributed by atoms with van der Waals surface area (Å²) in [5.74, 6) is -0.156. The summed E-state index contributed by atoms with van der Waals surface area (Å²) in [6.45, 7) is 4.65. The molecule has 0 aromatic heterocycles. The SMILES string of the molecule is Cc1ccc(CCC(=O)N(C)Cc2ccc(F)cc2)c(C)c1. The van der Waals surface area contributed by atoms with Gasteiger partial charge in [0.2, 0.25) is 5.91 Å². The van der Waals surface area contributed by atoms with Gasteiger partial charge < -0.3 is 4.90 Å². The van der Waals surface area contributed by atoms with Crippen molar-refractivity contribution < 1.29 is 9.18 Å². The topological polar surface area (TPSA) is 20.3 Å². The van der Waals surface area contributed by atoms with E-state index in [9.17, 15) is 9.18 Å². The maximum absolute atomic E-state index is 12.9. The lowest BCUT2D eigenvalue weighted by atomic mass is 10.0. The van der Waals surface area contributed by atoms with E-state index >= 15 is 0 Å². The molecule has 2 nitrogen and oxygen atoms in total. The van der Waals surface area contributed by atoms with Gasteiger partial charge in [0.15, 0.2) is 0 Å². The summed E-state index contributed by atoms with van der Waals surface area (Å²) >= 11 is 0. The van der Waals surface area contributed by atoms with E-state index in [0.29, 0.717) is 13.0 Å². The first-order valence-corrected chi connectivity index (χ1v) is 7.50. The van der Waals surface area contributed by atoms with Crippen LogP contribution in [0.1, 0.15) is 28.7 Å². The largest absolute Gasteiger partial charge is 0.341 e. The van der Waals surface area contributed by atoms with Crippen LogP contribution in [-0.4, -0.2) is 17.9 Å². The Morgan fingerprint density at radius 3 is 2.41 bits per heavy atom. The monoisotopic (exact) mass is 299 g/mol. The number of rotatable bonds is 5. The number of benzene rings is 2. The fourth-order valence-corrected chi connectivity index (χ4v) is 2.51. The molecule has 0 saturated heterocycles. The van der Waals surface area contributed by atoms with Crippen molar-refractivity contribution in [1.82, 2.24) is 4.90 Å². The smallest absolute Gasteiger partial charge is 0.222 e. The van der Waals surface area contributed by atoms with Gasteiger partial charge in [0.05, 0.1) is 0 Å². The number of halogens is 1. The van der Waals surface area contributed by atoms with E-state index in [2.05, 4.69) is 32.0 Å². The molecule has 0 heterocycles. The number of hydrogen-bond donors (Lipinski definition) is 0. The van der Waals surface area contributed by atoms with Gasteiger partial charge in [0.25, 0.3) is 0 Å². The Hall–Kier alpha value is -2.16. The van der Waals surface area contributed by atoms with Crippen LogP contribution < -0.4 is 0 Å². The van der Waals surface area contributed by atoms with Crippen molar-refractivity contribution in [1.29, 1.82) is 0 Å². The maximum atomic E-state index is 12.9. The standard InChI is InChI=1S/C19H22FNO/c1-14-4-7-17(15(2)12-14)8-11-19(22)21(3)13-16-5-9-18(20)10-6-16/h4-7,9-10,12H,8,11,13H2,1-3H3. The summed E-state index contributed by atoms with van der Waals surface area (Å²) in [7, 11) is 1.79. The van der Waals surface area contributed by atoms with Crippen molar-refractivity contribution in [3.8, 4) is 0 Å². The molecular weight excluding hydrogens is 277 g/mol. The van der Waals surface area contributed by atoms with Crippen molar-refractivity contribution in [2.24, 2.45) is 0 Å². The highest BCUT2D eigenvalue weighted by molar-refractivity contribution is 5.76. The molecule has 116 valence electrons. The molecule has 0 fully saturated rings. The number of amides is 1. The lowest BCUT2D eigenvalue weighted by Crippen LogP contribution is -2.26. The molecule has 0 radical (unpaired) electrons. The van der Waals surface area contributed by atoms with Crippen LogP contribution in [0.3, 0.4) is 0 Å². The quantitative estimate of drug-likeness (QED) is 0.816. The first kappa shape index (κ1) is 16.2. The van der Waals surface area contributed by atoms with Crippen LogP contribution in [0.25, 0.3) is 0 Å². The Morgan fingerprint density at radius 2 is 1.77 bits per heavy atom. The molecule has 0 spiro atoms. The van der Waals surface area contributed by atoms with Crippen LogP contribution in [0.4, 0.5) is 4.39 Å². The van der Waals surface area contributed by atoms with Crippen LogP contribution >= 0.6 is 0 Å². The van der Waals surface area contributed by atoms with E-state index in [1.807, 2.05) is 0 Å². The zero-order valence-electron chi connectivity index (χ0n) is 13.4. The summed E-state index contributed by atoms with van der Waals surface area (Å²) < 4.78 is 12.9. The first-order chi connectivity index (χ1) is 10.5. The lowest BCUT2D eigenvalue weighted by molar-refractivity contribution is -0.130. The van der Waals surface area contributed by atoms with E-state index in [-0.39, 0.29) is 11.7 Å². The minimum Gasteiger partial charge on any atom is -0.341 e. The zero-order chi connectivity index (χ0) is 16.1. The Kier molecular flexibility index (Phi) is 5.31. The van der Waals surface area contributed by atoms with E-state index in [1.54, 1.807) is 24.1 Å². The fraction of sp³-hybridized carbons (Fsp3) is 0.316. The average Bonchev–Trinajstić information content (AvgIpc) is 2.48. The molecule has 0 N–H and O–H groups in total. The second-order valence-electron chi connectivity index (χ2n) is 5.81. The van der Waals surface area contributed by atoms with Crippen LogP contribution in [0.15, 0.2) is 42.5 Å². The molecule has 0 saturated carbocycles. The molecule has 0 bridgehead atoms. The molecule has 22 heavy (non-hydrogen) atoms. The minimum atomic E-state index is -0.257. The van der Waals surface area contributed by atoms with E-state index < -0.39 is 0 Å². The van der Waals surface area contributed by atoms with Gasteiger partial charge >= 0.3 is 0 Å². The number of carbonyl (C=O) groups is 1. The van der Waals surface area contributed by atoms with Crippen molar-refractivity contribution in [3.05, 3.63) is 70.5 Å². The molecule has 2 aromatic carbocycles. The zero-order valence-corrected chi connectivity index (χ0v) is 13.4. The number of hydrogen-bond acceptors (Lipinski definition) is 1. The van der Waals surface area contributed by atoms with Crippen molar-refractivity contribution in [3.63, 3.8) is 0 Å². The minimum absolute atomic E-state index is 0.101. The Labute approximate surface area is 131 Å². The second kappa shape index (κ2) is 7.21. The van der Waals surface area contributed by atoms with Crippen LogP contribution in [0.5, 0.6) is 0 Å². The van der Waals surface area contributed by atoms with Crippen molar-refractivity contribution in [2.45, 2.75) is 33.2 Å². The number of nitrogens with zero attached hydrogens (tertiary/aromatic N) is 1. The van der Waals surface area contributed by atoms with Crippen LogP contribution in [-0.2, 0) is 17.8 Å². The first-order valence-electron chi connectivity index (χ1n) is 7.50. The Morgan fingerprint density at radius 1 is 1.09 bits per heavy atom. The van der Waals surface area contributed by atoms with Crippen LogP contribution in [0, 0.1) is 19.7 Å². The number of aryl methyl sites for hydroxylation is 3. The molecule has 0 unspecified atom stereocenters. The normalized spacial score (nSPS) is 10.5. The Balaban J connectivity index is 1.89. The van der Waals surface area contributed by atoms with Gasteiger partial charge in [0.1, 0.15) is 5.82 Å². The highest BCUT2D eigenvalue weighted by Gasteiger charge is 2.10. The maximum Gasteiger partial charge on any atom is 0.222 e. The van der Waals surface area contributed by atoms with E-state index in [4.69, 9.17) is 0 Å². The summed E-state index contributed by atoms with van der Waals surface area (Å²) in [6.07, 6.45) is 1.24. The van der Waals surface area contributed by atoms with Gasteiger partial charge in [-0.2, -0.15) is 0 Å². The number of carbonyl (C=O) groups excluding carboxylic acids is 1. The third-order valence-corrected chi connectivity index (χ3v) is 3.87. The third-order valence-electron chi connectivity index (χ3n) is 3.87. The predicted octanol–water partition coefficient (Wildman–Crippen LogP) is 4.03. The van der Waals surface area contributed by atoms with Gasteiger partial charge in [-0.05, 0) is 49.1 Å². The molecule has 0 aliphatic carbocycles. The Bertz CT molecular complexity index is 649. The molecule has 0 atom stereocenters. The summed E-state index contributed by atoms with van der Waals surface area (Å²) in [5.41, 5.74) is 4.62. The highest BCUT2D eigenvalue weighted by Crippen LogP contribution is 2.14. The van der Waals surface area contributed by atoms with Gasteiger partial charge in [-0.15, -0.1) is 0 Å². The van der Waals surface area contributed by atoms with Gasteiger partial charge in [0, 0.05) is 20.0 Å². The summed E-state index contributed by atoms with van der Waals surface area (Å²) in [5, 5.41) is 0. The van der Waals surface area contributed by atoms with Crippen molar-refractivity contribution >= 4 is 5.91 Å². The summed E-state index contributed by atoms with van der Waals surface area (Å²) in [4.78, 5) is 13.9. The highest BCUT2D eigenvalue weighted by atomic mass is 19.1. The lowest BCUT2D eigenvalue weighted by Gasteiger charge is -2.17. The van der Waals surface area contributed by atoms with Crippen LogP contribution in [0.2, 0.25) is 0 Å². The van der Waals surface area contributed by atoms with E-state index in [1.165, 1.54) is 28.8 Å². The van der Waals surface area contributed by atoms with Crippen molar-refractivity contribution in [2.75, 3.05) is 7.05 Å². The molecule has 3 heteroatoms. The van der Waals surface area contributed by atoms with Gasteiger partial charge in [-0.3, -0.25) is 4.79 Å². The molecular formula is C19H22FNO. The predicted molar refractivity (Wildman–Crippen MR) is 87.1 cm³/mol. The van der Waals surface area contributed by atoms with E-state index in [0.717, 1.165) is 12.0 Å². The summed E-state index contributed by atoms with van der Waals surface area (Å²) in [6, 6.07) is 12.6. The molecule has 2 aromatic rings. The molecule has 2 rings (SSSR count). The fourth-order valence-electron chi connectivity index (χ4n) is 2.51. The molecule has 0 aliphatic rings. The second-order valence-corrected chi connectivity index (χ2v) is 5.81. The average molecular weight is 299 g/mol.